The van der Waals surface area contributed by atoms with Gasteiger partial charge in [0.05, 0.1) is 25.2 Å². The first-order valence-corrected chi connectivity index (χ1v) is 9.28. The van der Waals surface area contributed by atoms with Crippen molar-refractivity contribution in [3.63, 3.8) is 0 Å². The zero-order valence-corrected chi connectivity index (χ0v) is 15.5. The number of non-ortho nitro benzene ring substituents is 1. The summed E-state index contributed by atoms with van der Waals surface area (Å²) in [6.45, 7) is 0. The molecule has 3 atom stereocenters. The van der Waals surface area contributed by atoms with Crippen molar-refractivity contribution in [2.75, 3.05) is 14.2 Å². The quantitative estimate of drug-likeness (QED) is 0.574. The van der Waals surface area contributed by atoms with E-state index in [1.54, 1.807) is 26.4 Å². The molecule has 0 spiro atoms. The van der Waals surface area contributed by atoms with Gasteiger partial charge in [-0.3, -0.25) is 10.1 Å². The number of fused-ring (bicyclic) bond motifs is 3. The molecule has 1 saturated carbocycles. The van der Waals surface area contributed by atoms with Gasteiger partial charge in [-0.1, -0.05) is 12.8 Å². The molecule has 0 aromatic heterocycles. The van der Waals surface area contributed by atoms with Gasteiger partial charge in [0.15, 0.2) is 0 Å². The number of rotatable bonds is 4. The molecule has 27 heavy (non-hydrogen) atoms. The van der Waals surface area contributed by atoms with Crippen LogP contribution >= 0.6 is 0 Å². The van der Waals surface area contributed by atoms with Gasteiger partial charge in [0.2, 0.25) is 0 Å². The second-order valence-electron chi connectivity index (χ2n) is 7.09. The van der Waals surface area contributed by atoms with Crippen molar-refractivity contribution in [1.29, 1.82) is 0 Å². The Morgan fingerprint density at radius 1 is 0.963 bits per heavy atom. The molecule has 0 N–H and O–H groups in total. The Labute approximate surface area is 158 Å². The fourth-order valence-electron chi connectivity index (χ4n) is 4.45. The van der Waals surface area contributed by atoms with Crippen LogP contribution in [0, 0.1) is 10.1 Å². The molecule has 1 aliphatic heterocycles. The lowest BCUT2D eigenvalue weighted by Crippen LogP contribution is -2.34. The Hall–Kier alpha value is -2.60. The van der Waals surface area contributed by atoms with E-state index in [1.807, 2.05) is 12.1 Å². The standard InChI is InChI=1S/C21H23NO5/c1-25-17-11-12-18(26-2)20-19(17)15-5-3-4-6-16(15)27-21(20)13-7-9-14(10-8-13)22(23)24/h7-12,15-16,21H,3-6H2,1-2H3/t15-,16+,21-/m1/s1. The van der Waals surface area contributed by atoms with E-state index in [2.05, 4.69) is 0 Å². The molecule has 2 aromatic rings. The molecule has 1 fully saturated rings. The molecular weight excluding hydrogens is 346 g/mol. The van der Waals surface area contributed by atoms with Gasteiger partial charge in [0, 0.05) is 29.2 Å². The molecule has 142 valence electrons. The first kappa shape index (κ1) is 17.8. The molecule has 2 aliphatic rings. The SMILES string of the molecule is COc1ccc(OC)c2c1[C@@H](c1ccc([N+](=O)[O-])cc1)O[C@H]1CCCC[C@@H]21. The normalized spacial score (nSPS) is 23.9. The van der Waals surface area contributed by atoms with E-state index in [0.717, 1.165) is 47.5 Å². The number of nitro benzene ring substituents is 1. The van der Waals surface area contributed by atoms with Crippen molar-refractivity contribution >= 4 is 5.69 Å². The van der Waals surface area contributed by atoms with E-state index in [1.165, 1.54) is 18.6 Å². The van der Waals surface area contributed by atoms with Crippen molar-refractivity contribution in [2.45, 2.75) is 43.8 Å². The summed E-state index contributed by atoms with van der Waals surface area (Å²) in [5.41, 5.74) is 3.10. The molecule has 0 unspecified atom stereocenters. The summed E-state index contributed by atoms with van der Waals surface area (Å²) in [4.78, 5) is 10.6. The smallest absolute Gasteiger partial charge is 0.269 e. The van der Waals surface area contributed by atoms with Crippen LogP contribution in [0.5, 0.6) is 11.5 Å². The minimum atomic E-state index is -0.389. The monoisotopic (exact) mass is 369 g/mol. The maximum atomic E-state index is 11.0. The molecule has 4 rings (SSSR count). The Balaban J connectivity index is 1.87. The molecule has 6 heteroatoms. The Kier molecular flexibility index (Phi) is 4.74. The predicted octanol–water partition coefficient (Wildman–Crippen LogP) is 4.76. The van der Waals surface area contributed by atoms with Gasteiger partial charge < -0.3 is 14.2 Å². The summed E-state index contributed by atoms with van der Waals surface area (Å²) in [7, 11) is 3.35. The van der Waals surface area contributed by atoms with Crippen molar-refractivity contribution in [2.24, 2.45) is 0 Å². The van der Waals surface area contributed by atoms with Gasteiger partial charge in [-0.2, -0.15) is 0 Å². The van der Waals surface area contributed by atoms with Crippen LogP contribution in [0.1, 0.15) is 54.4 Å². The second-order valence-corrected chi connectivity index (χ2v) is 7.09. The Morgan fingerprint density at radius 2 is 1.59 bits per heavy atom. The summed E-state index contributed by atoms with van der Waals surface area (Å²) >= 11 is 0. The third kappa shape index (κ3) is 3.04. The van der Waals surface area contributed by atoms with Crippen LogP contribution in [0.2, 0.25) is 0 Å². The van der Waals surface area contributed by atoms with Crippen LogP contribution < -0.4 is 9.47 Å². The average Bonchev–Trinajstić information content (AvgIpc) is 2.72. The van der Waals surface area contributed by atoms with Crippen molar-refractivity contribution in [3.8, 4) is 11.5 Å². The van der Waals surface area contributed by atoms with E-state index in [9.17, 15) is 10.1 Å². The maximum Gasteiger partial charge on any atom is 0.269 e. The number of benzene rings is 2. The van der Waals surface area contributed by atoms with E-state index >= 15 is 0 Å². The van der Waals surface area contributed by atoms with E-state index < -0.39 is 0 Å². The van der Waals surface area contributed by atoms with Crippen LogP contribution in [0.3, 0.4) is 0 Å². The highest BCUT2D eigenvalue weighted by molar-refractivity contribution is 5.56. The lowest BCUT2D eigenvalue weighted by Gasteiger charge is -2.42. The van der Waals surface area contributed by atoms with Crippen molar-refractivity contribution in [3.05, 3.63) is 63.2 Å². The predicted molar refractivity (Wildman–Crippen MR) is 101 cm³/mol. The van der Waals surface area contributed by atoms with E-state index in [-0.39, 0.29) is 28.7 Å². The van der Waals surface area contributed by atoms with Crippen LogP contribution in [0.25, 0.3) is 0 Å². The van der Waals surface area contributed by atoms with Gasteiger partial charge in [-0.15, -0.1) is 0 Å². The van der Waals surface area contributed by atoms with Gasteiger partial charge in [0.1, 0.15) is 17.6 Å². The summed E-state index contributed by atoms with van der Waals surface area (Å²) in [6, 6.07) is 10.5. The van der Waals surface area contributed by atoms with Gasteiger partial charge in [-0.25, -0.2) is 0 Å². The van der Waals surface area contributed by atoms with Crippen molar-refractivity contribution in [1.82, 2.24) is 0 Å². The molecule has 2 aromatic carbocycles. The topological polar surface area (TPSA) is 70.8 Å². The van der Waals surface area contributed by atoms with E-state index in [4.69, 9.17) is 14.2 Å². The molecular formula is C21H23NO5. The number of hydrogen-bond donors (Lipinski definition) is 0. The summed E-state index contributed by atoms with van der Waals surface area (Å²) in [6.07, 6.45) is 4.18. The first-order valence-electron chi connectivity index (χ1n) is 9.28. The Morgan fingerprint density at radius 3 is 2.22 bits per heavy atom. The van der Waals surface area contributed by atoms with Gasteiger partial charge >= 0.3 is 0 Å². The van der Waals surface area contributed by atoms with Crippen LogP contribution in [-0.2, 0) is 4.74 Å². The highest BCUT2D eigenvalue weighted by Gasteiger charge is 2.41. The van der Waals surface area contributed by atoms with E-state index in [0.29, 0.717) is 0 Å². The fraction of sp³-hybridized carbons (Fsp3) is 0.429. The third-order valence-corrected chi connectivity index (χ3v) is 5.70. The number of nitrogens with zero attached hydrogens (tertiary/aromatic N) is 1. The largest absolute Gasteiger partial charge is 0.496 e. The number of nitro groups is 1. The number of hydrogen-bond acceptors (Lipinski definition) is 5. The van der Waals surface area contributed by atoms with Crippen LogP contribution in [-0.4, -0.2) is 25.2 Å². The first-order chi connectivity index (χ1) is 13.1. The molecule has 6 nitrogen and oxygen atoms in total. The summed E-state index contributed by atoms with van der Waals surface area (Å²) in [5, 5.41) is 11.0. The summed E-state index contributed by atoms with van der Waals surface area (Å²) < 4.78 is 17.9. The number of methoxy groups -OCH3 is 2. The Bertz CT molecular complexity index is 848. The molecule has 0 amide bonds. The summed E-state index contributed by atoms with van der Waals surface area (Å²) in [5.74, 6) is 1.91. The average molecular weight is 369 g/mol. The highest BCUT2D eigenvalue weighted by Crippen LogP contribution is 2.52. The molecule has 1 aliphatic carbocycles. The highest BCUT2D eigenvalue weighted by atomic mass is 16.6. The van der Waals surface area contributed by atoms with Gasteiger partial charge in [0.25, 0.3) is 5.69 Å². The molecule has 0 radical (unpaired) electrons. The second kappa shape index (κ2) is 7.19. The minimum Gasteiger partial charge on any atom is -0.496 e. The third-order valence-electron chi connectivity index (χ3n) is 5.70. The lowest BCUT2D eigenvalue weighted by molar-refractivity contribution is -0.384. The lowest BCUT2D eigenvalue weighted by atomic mass is 9.75. The maximum absolute atomic E-state index is 11.0. The molecule has 0 bridgehead atoms. The fourth-order valence-corrected chi connectivity index (χ4v) is 4.45. The zero-order chi connectivity index (χ0) is 19.0. The zero-order valence-electron chi connectivity index (χ0n) is 15.5. The van der Waals surface area contributed by atoms with Crippen LogP contribution in [0.15, 0.2) is 36.4 Å². The van der Waals surface area contributed by atoms with Crippen molar-refractivity contribution < 1.29 is 19.1 Å². The molecule has 1 heterocycles. The van der Waals surface area contributed by atoms with Crippen LogP contribution in [0.4, 0.5) is 5.69 Å². The van der Waals surface area contributed by atoms with Gasteiger partial charge in [-0.05, 0) is 42.7 Å². The molecule has 0 saturated heterocycles. The number of ether oxygens (including phenoxy) is 3. The minimum absolute atomic E-state index is 0.0722.